The highest BCUT2D eigenvalue weighted by atomic mass is 14.9. The molecule has 0 unspecified atom stereocenters. The second-order valence-corrected chi connectivity index (χ2v) is 13.5. The van der Waals surface area contributed by atoms with Crippen molar-refractivity contribution in [2.75, 3.05) is 0 Å². The predicted octanol–water partition coefficient (Wildman–Crippen LogP) is 11.0. The first kappa shape index (κ1) is 32.9. The molecule has 8 aromatic rings. The van der Waals surface area contributed by atoms with Crippen LogP contribution >= 0.6 is 0 Å². The lowest BCUT2D eigenvalue weighted by Gasteiger charge is -2.14. The van der Waals surface area contributed by atoms with Crippen LogP contribution in [0.3, 0.4) is 0 Å². The van der Waals surface area contributed by atoms with E-state index in [4.69, 9.17) is 9.97 Å². The van der Waals surface area contributed by atoms with Gasteiger partial charge < -0.3 is 0 Å². The van der Waals surface area contributed by atoms with Gasteiger partial charge in [0, 0.05) is 34.6 Å². The molecule has 0 atom stereocenters. The quantitative estimate of drug-likeness (QED) is 0.174. The fraction of sp³-hybridized carbons (Fsp3) is 0.0392. The predicted molar refractivity (Wildman–Crippen MR) is 224 cm³/mol. The van der Waals surface area contributed by atoms with Crippen LogP contribution in [0.2, 0.25) is 0 Å². The van der Waals surface area contributed by atoms with Crippen molar-refractivity contribution in [2.24, 2.45) is 0 Å². The Morgan fingerprint density at radius 1 is 0.389 bits per heavy atom. The first-order valence-electron chi connectivity index (χ1n) is 18.5. The fourth-order valence-electron chi connectivity index (χ4n) is 7.48. The Balaban J connectivity index is 1.26. The number of rotatable bonds is 6. The van der Waals surface area contributed by atoms with E-state index in [0.717, 1.165) is 57.6 Å². The summed E-state index contributed by atoms with van der Waals surface area (Å²) in [5.74, 6) is 0.683. The van der Waals surface area contributed by atoms with Crippen molar-refractivity contribution in [3.8, 4) is 45.0 Å². The molecule has 3 heteroatoms. The third-order valence-electron chi connectivity index (χ3n) is 10.1. The van der Waals surface area contributed by atoms with E-state index in [0.29, 0.717) is 5.82 Å². The minimum atomic E-state index is 0.683. The summed E-state index contributed by atoms with van der Waals surface area (Å²) in [6, 6.07) is 58.0. The Hall–Kier alpha value is -6.97. The van der Waals surface area contributed by atoms with Crippen molar-refractivity contribution in [2.45, 2.75) is 12.8 Å². The van der Waals surface area contributed by atoms with Gasteiger partial charge >= 0.3 is 0 Å². The minimum Gasteiger partial charge on any atom is -0.264 e. The largest absolute Gasteiger partial charge is 0.264 e. The Kier molecular flexibility index (Phi) is 9.11. The summed E-state index contributed by atoms with van der Waals surface area (Å²) in [6.07, 6.45) is 14.2. The zero-order chi connectivity index (χ0) is 36.1. The van der Waals surface area contributed by atoms with Crippen LogP contribution in [-0.2, 0) is 0 Å². The monoisotopic (exact) mass is 691 g/mol. The van der Waals surface area contributed by atoms with Gasteiger partial charge in [-0.05, 0) is 86.2 Å². The standard InChI is InChI=1S/C51H37N3/c1-2-7-24-44(47-27-12-11-26-46(47)43(23-6-1)37-17-4-3-5-18-37)39-20-14-21-41(33-39)51-53-49(40-30-29-36-16-8-9-19-38(36)32-40)34-50(54-51)48-28-13-10-25-45(48)42-22-15-31-52-35-42/h1-22,25-35H,23-24H2/b6-1?,7-2?,46-43+,47-44+. The van der Waals surface area contributed by atoms with Gasteiger partial charge in [0.15, 0.2) is 5.82 Å². The van der Waals surface area contributed by atoms with Gasteiger partial charge in [-0.15, -0.1) is 0 Å². The number of benzene rings is 6. The average Bonchev–Trinajstić information content (AvgIpc) is 3.25. The molecule has 0 radical (unpaired) electrons. The van der Waals surface area contributed by atoms with Crippen LogP contribution in [0, 0.1) is 0 Å². The maximum atomic E-state index is 5.32. The van der Waals surface area contributed by atoms with Gasteiger partial charge in [-0.2, -0.15) is 0 Å². The maximum absolute atomic E-state index is 5.32. The molecular formula is C51H37N3. The molecule has 0 amide bonds. The Morgan fingerprint density at radius 3 is 1.80 bits per heavy atom. The lowest BCUT2D eigenvalue weighted by atomic mass is 9.92. The van der Waals surface area contributed by atoms with Crippen molar-refractivity contribution in [1.29, 1.82) is 0 Å². The molecule has 1 aliphatic carbocycles. The van der Waals surface area contributed by atoms with E-state index >= 15 is 0 Å². The SMILES string of the molecule is C1=CC/C(c2ccccc2)=c2/cccc/c2=C(\c2cccc(-c3nc(-c4ccc5ccccc5c4)cc(-c4ccccc4-c4cccnc4)n3)c2)CC=C1. The van der Waals surface area contributed by atoms with Crippen LogP contribution in [0.4, 0.5) is 0 Å². The van der Waals surface area contributed by atoms with Gasteiger partial charge in [0.25, 0.3) is 0 Å². The Morgan fingerprint density at radius 2 is 1.02 bits per heavy atom. The van der Waals surface area contributed by atoms with Gasteiger partial charge in [0.1, 0.15) is 0 Å². The number of nitrogens with zero attached hydrogens (tertiary/aromatic N) is 3. The summed E-state index contributed by atoms with van der Waals surface area (Å²) in [7, 11) is 0. The van der Waals surface area contributed by atoms with E-state index in [-0.39, 0.29) is 0 Å². The zero-order valence-electron chi connectivity index (χ0n) is 29.8. The van der Waals surface area contributed by atoms with Crippen LogP contribution in [0.25, 0.3) is 66.9 Å². The molecule has 2 heterocycles. The molecule has 54 heavy (non-hydrogen) atoms. The lowest BCUT2D eigenvalue weighted by molar-refractivity contribution is 1.18. The summed E-state index contributed by atoms with van der Waals surface area (Å²) in [5, 5.41) is 4.87. The van der Waals surface area contributed by atoms with E-state index in [1.165, 1.54) is 37.9 Å². The number of allylic oxidation sites excluding steroid dienone is 4. The molecule has 0 bridgehead atoms. The van der Waals surface area contributed by atoms with E-state index < -0.39 is 0 Å². The van der Waals surface area contributed by atoms with Crippen LogP contribution in [-0.4, -0.2) is 15.0 Å². The van der Waals surface area contributed by atoms with Gasteiger partial charge in [-0.1, -0.05) is 164 Å². The molecule has 256 valence electrons. The Labute approximate surface area is 315 Å². The van der Waals surface area contributed by atoms with Crippen molar-refractivity contribution in [3.05, 3.63) is 222 Å². The molecular weight excluding hydrogens is 655 g/mol. The van der Waals surface area contributed by atoms with Crippen molar-refractivity contribution in [3.63, 3.8) is 0 Å². The summed E-state index contributed by atoms with van der Waals surface area (Å²) >= 11 is 0. The van der Waals surface area contributed by atoms with E-state index in [2.05, 4.69) is 187 Å². The molecule has 2 aromatic heterocycles. The van der Waals surface area contributed by atoms with Crippen LogP contribution in [0.5, 0.6) is 0 Å². The van der Waals surface area contributed by atoms with Crippen molar-refractivity contribution < 1.29 is 0 Å². The van der Waals surface area contributed by atoms with Crippen LogP contribution in [0.1, 0.15) is 24.0 Å². The summed E-state index contributed by atoms with van der Waals surface area (Å²) < 4.78 is 0. The lowest BCUT2D eigenvalue weighted by Crippen LogP contribution is -2.29. The molecule has 3 nitrogen and oxygen atoms in total. The highest BCUT2D eigenvalue weighted by Gasteiger charge is 2.16. The average molecular weight is 692 g/mol. The van der Waals surface area contributed by atoms with Gasteiger partial charge in [0.05, 0.1) is 11.4 Å². The van der Waals surface area contributed by atoms with E-state index in [9.17, 15) is 0 Å². The molecule has 0 N–H and O–H groups in total. The molecule has 0 fully saturated rings. The number of fused-ring (bicyclic) bond motifs is 2. The second kappa shape index (κ2) is 14.9. The third kappa shape index (κ3) is 6.71. The molecule has 0 aliphatic heterocycles. The first-order valence-corrected chi connectivity index (χ1v) is 18.5. The molecule has 9 rings (SSSR count). The van der Waals surface area contributed by atoms with Crippen LogP contribution < -0.4 is 10.4 Å². The van der Waals surface area contributed by atoms with Crippen molar-refractivity contribution >= 4 is 21.9 Å². The number of hydrogen-bond acceptors (Lipinski definition) is 3. The zero-order valence-corrected chi connectivity index (χ0v) is 29.8. The van der Waals surface area contributed by atoms with Gasteiger partial charge in [0.2, 0.25) is 0 Å². The number of aromatic nitrogens is 3. The number of hydrogen-bond donors (Lipinski definition) is 0. The highest BCUT2D eigenvalue weighted by Crippen LogP contribution is 2.35. The van der Waals surface area contributed by atoms with Crippen molar-refractivity contribution in [1.82, 2.24) is 15.0 Å². The van der Waals surface area contributed by atoms with Gasteiger partial charge in [-0.25, -0.2) is 9.97 Å². The second-order valence-electron chi connectivity index (χ2n) is 13.5. The normalized spacial score (nSPS) is 14.8. The maximum Gasteiger partial charge on any atom is 0.160 e. The molecule has 0 spiro atoms. The first-order chi connectivity index (χ1) is 26.8. The molecule has 1 aliphatic rings. The summed E-state index contributed by atoms with van der Waals surface area (Å²) in [4.78, 5) is 15.0. The molecule has 0 saturated carbocycles. The summed E-state index contributed by atoms with van der Waals surface area (Å²) in [6.45, 7) is 0. The van der Waals surface area contributed by atoms with Crippen LogP contribution in [0.15, 0.2) is 200 Å². The van der Waals surface area contributed by atoms with E-state index in [1.807, 2.05) is 18.5 Å². The highest BCUT2D eigenvalue weighted by molar-refractivity contribution is 5.89. The van der Waals surface area contributed by atoms with Gasteiger partial charge in [-0.3, -0.25) is 4.98 Å². The Bertz CT molecular complexity index is 2820. The third-order valence-corrected chi connectivity index (χ3v) is 10.1. The smallest absolute Gasteiger partial charge is 0.160 e. The fourth-order valence-corrected chi connectivity index (χ4v) is 7.48. The summed E-state index contributed by atoms with van der Waals surface area (Å²) in [5.41, 5.74) is 11.9. The number of pyridine rings is 1. The topological polar surface area (TPSA) is 38.7 Å². The molecule has 6 aromatic carbocycles. The van der Waals surface area contributed by atoms with E-state index in [1.54, 1.807) is 0 Å². The minimum absolute atomic E-state index is 0.683. The molecule has 0 saturated heterocycles.